The summed E-state index contributed by atoms with van der Waals surface area (Å²) in [6, 6.07) is 4.90. The molecule has 0 spiro atoms. The zero-order valence-electron chi connectivity index (χ0n) is 15.3. The summed E-state index contributed by atoms with van der Waals surface area (Å²) in [6.07, 6.45) is 3.06. The van der Waals surface area contributed by atoms with Crippen LogP contribution in [0.25, 0.3) is 0 Å². The van der Waals surface area contributed by atoms with Crippen molar-refractivity contribution < 1.29 is 17.9 Å². The predicted octanol–water partition coefficient (Wildman–Crippen LogP) is 2.42. The number of ether oxygens (including phenoxy) is 1. The number of carbonyl (C=O) groups is 1. The Balaban J connectivity index is 2.10. The Labute approximate surface area is 150 Å². The van der Waals surface area contributed by atoms with Crippen LogP contribution >= 0.6 is 0 Å². The van der Waals surface area contributed by atoms with Crippen molar-refractivity contribution in [3.05, 3.63) is 23.8 Å². The standard InChI is InChI=1S/C18H28N2O4S/c1-4-5-7-18(21)19-10-6-11-20(13-12-19)25(22,23)16-8-9-17(24-3)15(2)14-16/h8-9,14H,4-7,10-13H2,1-3H3. The summed E-state index contributed by atoms with van der Waals surface area (Å²) in [5.74, 6) is 0.795. The van der Waals surface area contributed by atoms with Gasteiger partial charge in [0.2, 0.25) is 15.9 Å². The van der Waals surface area contributed by atoms with E-state index < -0.39 is 10.0 Å². The lowest BCUT2D eigenvalue weighted by atomic mass is 10.2. The Morgan fingerprint density at radius 2 is 1.96 bits per heavy atom. The fraction of sp³-hybridized carbons (Fsp3) is 0.611. The molecule has 1 saturated heterocycles. The Bertz CT molecular complexity index is 703. The lowest BCUT2D eigenvalue weighted by molar-refractivity contribution is -0.131. The second-order valence-corrected chi connectivity index (χ2v) is 8.31. The van der Waals surface area contributed by atoms with E-state index in [-0.39, 0.29) is 10.8 Å². The highest BCUT2D eigenvalue weighted by molar-refractivity contribution is 7.89. The summed E-state index contributed by atoms with van der Waals surface area (Å²) in [7, 11) is -1.99. The summed E-state index contributed by atoms with van der Waals surface area (Å²) >= 11 is 0. The summed E-state index contributed by atoms with van der Waals surface area (Å²) < 4.78 is 32.5. The van der Waals surface area contributed by atoms with E-state index in [1.807, 2.05) is 6.92 Å². The third-order valence-electron chi connectivity index (χ3n) is 4.56. The van der Waals surface area contributed by atoms with Crippen LogP contribution in [0, 0.1) is 6.92 Å². The van der Waals surface area contributed by atoms with Crippen LogP contribution in [0.1, 0.15) is 38.2 Å². The number of aryl methyl sites for hydroxylation is 1. The first-order valence-corrected chi connectivity index (χ1v) is 10.3. The van der Waals surface area contributed by atoms with Gasteiger partial charge in [-0.1, -0.05) is 13.3 Å². The number of amides is 1. The van der Waals surface area contributed by atoms with Crippen molar-refractivity contribution in [1.82, 2.24) is 9.21 Å². The monoisotopic (exact) mass is 368 g/mol. The van der Waals surface area contributed by atoms with Crippen molar-refractivity contribution in [2.45, 2.75) is 44.4 Å². The molecule has 0 N–H and O–H groups in total. The number of carbonyl (C=O) groups excluding carboxylic acids is 1. The fourth-order valence-corrected chi connectivity index (χ4v) is 4.59. The van der Waals surface area contributed by atoms with Gasteiger partial charge in [0.15, 0.2) is 0 Å². The molecule has 6 nitrogen and oxygen atoms in total. The van der Waals surface area contributed by atoms with Crippen LogP contribution in [0.2, 0.25) is 0 Å². The van der Waals surface area contributed by atoms with E-state index in [4.69, 9.17) is 4.74 Å². The molecule has 0 atom stereocenters. The summed E-state index contributed by atoms with van der Waals surface area (Å²) in [5.41, 5.74) is 0.787. The lowest BCUT2D eigenvalue weighted by Gasteiger charge is -2.22. The predicted molar refractivity (Wildman–Crippen MR) is 97.2 cm³/mol. The van der Waals surface area contributed by atoms with Crippen molar-refractivity contribution in [3.63, 3.8) is 0 Å². The smallest absolute Gasteiger partial charge is 0.243 e. The SMILES string of the molecule is CCCCC(=O)N1CCCN(S(=O)(=O)c2ccc(OC)c(C)c2)CC1. The largest absolute Gasteiger partial charge is 0.496 e. The molecule has 0 unspecified atom stereocenters. The van der Waals surface area contributed by atoms with Crippen LogP contribution < -0.4 is 4.74 Å². The maximum absolute atomic E-state index is 12.9. The fourth-order valence-electron chi connectivity index (χ4n) is 3.03. The van der Waals surface area contributed by atoms with Gasteiger partial charge in [0, 0.05) is 32.6 Å². The molecule has 1 heterocycles. The zero-order chi connectivity index (χ0) is 18.4. The van der Waals surface area contributed by atoms with Crippen LogP contribution in [-0.2, 0) is 14.8 Å². The maximum atomic E-state index is 12.9. The molecule has 1 fully saturated rings. The third-order valence-corrected chi connectivity index (χ3v) is 6.45. The highest BCUT2D eigenvalue weighted by atomic mass is 32.2. The Morgan fingerprint density at radius 3 is 2.60 bits per heavy atom. The van der Waals surface area contributed by atoms with Crippen molar-refractivity contribution in [3.8, 4) is 5.75 Å². The van der Waals surface area contributed by atoms with Crippen LogP contribution in [0.4, 0.5) is 0 Å². The minimum atomic E-state index is -3.56. The van der Waals surface area contributed by atoms with Gasteiger partial charge in [0.25, 0.3) is 0 Å². The van der Waals surface area contributed by atoms with Gasteiger partial charge < -0.3 is 9.64 Å². The number of unbranched alkanes of at least 4 members (excludes halogenated alkanes) is 1. The molecule has 1 aliphatic rings. The number of hydrogen-bond acceptors (Lipinski definition) is 4. The summed E-state index contributed by atoms with van der Waals surface area (Å²) in [6.45, 7) is 5.73. The minimum Gasteiger partial charge on any atom is -0.496 e. The Hall–Kier alpha value is -1.60. The Morgan fingerprint density at radius 1 is 1.20 bits per heavy atom. The molecule has 140 valence electrons. The molecule has 1 aliphatic heterocycles. The quantitative estimate of drug-likeness (QED) is 0.773. The number of hydrogen-bond donors (Lipinski definition) is 0. The second kappa shape index (κ2) is 8.67. The van der Waals surface area contributed by atoms with Gasteiger partial charge in [-0.2, -0.15) is 4.31 Å². The minimum absolute atomic E-state index is 0.126. The van der Waals surface area contributed by atoms with E-state index in [0.29, 0.717) is 44.8 Å². The molecular weight excluding hydrogens is 340 g/mol. The van der Waals surface area contributed by atoms with E-state index >= 15 is 0 Å². The van der Waals surface area contributed by atoms with Crippen LogP contribution in [0.5, 0.6) is 5.75 Å². The zero-order valence-corrected chi connectivity index (χ0v) is 16.1. The van der Waals surface area contributed by atoms with Crippen molar-refractivity contribution in [2.75, 3.05) is 33.3 Å². The van der Waals surface area contributed by atoms with Crippen LogP contribution in [0.3, 0.4) is 0 Å². The topological polar surface area (TPSA) is 66.9 Å². The molecule has 0 radical (unpaired) electrons. The Kier molecular flexibility index (Phi) is 6.84. The summed E-state index contributed by atoms with van der Waals surface area (Å²) in [5, 5.41) is 0. The number of rotatable bonds is 6. The molecule has 0 saturated carbocycles. The maximum Gasteiger partial charge on any atom is 0.243 e. The first-order chi connectivity index (χ1) is 11.9. The van der Waals surface area contributed by atoms with Gasteiger partial charge in [0.1, 0.15) is 5.75 Å². The number of methoxy groups -OCH3 is 1. The van der Waals surface area contributed by atoms with Crippen molar-refractivity contribution in [1.29, 1.82) is 0 Å². The third kappa shape index (κ3) is 4.73. The van der Waals surface area contributed by atoms with E-state index in [1.165, 1.54) is 4.31 Å². The highest BCUT2D eigenvalue weighted by Crippen LogP contribution is 2.24. The lowest BCUT2D eigenvalue weighted by Crippen LogP contribution is -2.37. The van der Waals surface area contributed by atoms with E-state index in [1.54, 1.807) is 30.2 Å². The van der Waals surface area contributed by atoms with E-state index in [2.05, 4.69) is 6.92 Å². The van der Waals surface area contributed by atoms with Gasteiger partial charge in [-0.25, -0.2) is 8.42 Å². The van der Waals surface area contributed by atoms with Gasteiger partial charge in [-0.15, -0.1) is 0 Å². The van der Waals surface area contributed by atoms with E-state index in [0.717, 1.165) is 18.4 Å². The highest BCUT2D eigenvalue weighted by Gasteiger charge is 2.28. The molecule has 2 rings (SSSR count). The van der Waals surface area contributed by atoms with Gasteiger partial charge in [-0.05, 0) is 43.5 Å². The molecular formula is C18H28N2O4S. The normalized spacial score (nSPS) is 16.5. The van der Waals surface area contributed by atoms with Crippen molar-refractivity contribution >= 4 is 15.9 Å². The second-order valence-electron chi connectivity index (χ2n) is 6.37. The van der Waals surface area contributed by atoms with Crippen LogP contribution in [-0.4, -0.2) is 56.8 Å². The molecule has 1 aromatic carbocycles. The van der Waals surface area contributed by atoms with Crippen LogP contribution in [0.15, 0.2) is 23.1 Å². The molecule has 0 aromatic heterocycles. The van der Waals surface area contributed by atoms with Gasteiger partial charge in [0.05, 0.1) is 12.0 Å². The molecule has 0 aliphatic carbocycles. The molecule has 0 bridgehead atoms. The number of sulfonamides is 1. The van der Waals surface area contributed by atoms with Crippen molar-refractivity contribution in [2.24, 2.45) is 0 Å². The molecule has 1 aromatic rings. The average Bonchev–Trinajstić information content (AvgIpc) is 2.86. The summed E-state index contributed by atoms with van der Waals surface area (Å²) in [4.78, 5) is 14.3. The number of nitrogens with zero attached hydrogens (tertiary/aromatic N) is 2. The molecule has 7 heteroatoms. The van der Waals surface area contributed by atoms with Gasteiger partial charge in [-0.3, -0.25) is 4.79 Å². The van der Waals surface area contributed by atoms with E-state index in [9.17, 15) is 13.2 Å². The average molecular weight is 368 g/mol. The molecule has 25 heavy (non-hydrogen) atoms. The molecule has 1 amide bonds. The first kappa shape index (κ1) is 19.7. The number of benzene rings is 1. The first-order valence-electron chi connectivity index (χ1n) is 8.82. The van der Waals surface area contributed by atoms with Gasteiger partial charge >= 0.3 is 0 Å².